The normalized spacial score (nSPS) is 12.2. The topological polar surface area (TPSA) is 104 Å². The van der Waals surface area contributed by atoms with E-state index in [1.165, 1.54) is 0 Å². The molecule has 0 radical (unpaired) electrons. The molecule has 0 aliphatic rings. The zero-order chi connectivity index (χ0) is 14.7. The fourth-order valence-corrected chi connectivity index (χ4v) is 1.79. The zero-order valence-electron chi connectivity index (χ0n) is 11.5. The largest absolute Gasteiger partial charge is 0.508 e. The molecule has 0 saturated heterocycles. The molecule has 0 bridgehead atoms. The predicted octanol–water partition coefficient (Wildman–Crippen LogP) is 1.24. The highest BCUT2D eigenvalue weighted by atomic mass is 16.3. The second-order valence-corrected chi connectivity index (χ2v) is 4.79. The number of nitrogens with one attached hydrogen (secondary N) is 2. The molecule has 1 aromatic heterocycles. The van der Waals surface area contributed by atoms with Crippen molar-refractivity contribution in [2.75, 3.05) is 5.32 Å². The number of aromatic nitrogens is 2. The Hall–Kier alpha value is -2.34. The third-order valence-electron chi connectivity index (χ3n) is 3.22. The van der Waals surface area contributed by atoms with Gasteiger partial charge in [0.2, 0.25) is 5.91 Å². The third-order valence-corrected chi connectivity index (χ3v) is 3.22. The van der Waals surface area contributed by atoms with Crippen LogP contribution in [0.5, 0.6) is 5.75 Å². The Balaban J connectivity index is 1.98. The number of phenols is 1. The van der Waals surface area contributed by atoms with Crippen LogP contribution in [0.1, 0.15) is 16.8 Å². The van der Waals surface area contributed by atoms with Gasteiger partial charge in [0, 0.05) is 11.3 Å². The number of nitrogens with zero attached hydrogens (tertiary/aromatic N) is 1. The lowest BCUT2D eigenvalue weighted by molar-refractivity contribution is -0.117. The summed E-state index contributed by atoms with van der Waals surface area (Å²) in [5, 5.41) is 18.7. The van der Waals surface area contributed by atoms with Crippen molar-refractivity contribution in [3.63, 3.8) is 0 Å². The molecule has 0 aliphatic carbocycles. The second kappa shape index (κ2) is 5.75. The summed E-state index contributed by atoms with van der Waals surface area (Å²) in [7, 11) is 0. The van der Waals surface area contributed by atoms with Gasteiger partial charge in [0.15, 0.2) is 5.82 Å². The number of hydrogen-bond acceptors (Lipinski definition) is 4. The van der Waals surface area contributed by atoms with E-state index in [2.05, 4.69) is 15.5 Å². The van der Waals surface area contributed by atoms with E-state index in [9.17, 15) is 9.90 Å². The Morgan fingerprint density at radius 3 is 2.60 bits per heavy atom. The average molecular weight is 274 g/mol. The molecule has 106 valence electrons. The first-order valence-electron chi connectivity index (χ1n) is 6.33. The molecule has 1 heterocycles. The smallest absolute Gasteiger partial charge is 0.242 e. The van der Waals surface area contributed by atoms with Gasteiger partial charge in [-0.05, 0) is 38.0 Å². The molecule has 6 heteroatoms. The number of aromatic amines is 1. The van der Waals surface area contributed by atoms with Gasteiger partial charge in [-0.25, -0.2) is 0 Å². The van der Waals surface area contributed by atoms with Gasteiger partial charge < -0.3 is 16.2 Å². The van der Waals surface area contributed by atoms with Crippen LogP contribution in [0, 0.1) is 13.8 Å². The summed E-state index contributed by atoms with van der Waals surface area (Å²) in [4.78, 5) is 12.0. The average Bonchev–Trinajstić information content (AvgIpc) is 2.73. The van der Waals surface area contributed by atoms with Gasteiger partial charge in [0.25, 0.3) is 0 Å². The highest BCUT2D eigenvalue weighted by Crippen LogP contribution is 2.15. The lowest BCUT2D eigenvalue weighted by atomic mass is 10.1. The van der Waals surface area contributed by atoms with Gasteiger partial charge in [0.1, 0.15) is 5.75 Å². The van der Waals surface area contributed by atoms with E-state index in [1.54, 1.807) is 24.3 Å². The number of nitrogens with two attached hydrogens (primary N) is 1. The van der Waals surface area contributed by atoms with Crippen LogP contribution in [0.25, 0.3) is 0 Å². The van der Waals surface area contributed by atoms with Crippen LogP contribution in [-0.4, -0.2) is 27.3 Å². The molecule has 0 spiro atoms. The fraction of sp³-hybridized carbons (Fsp3) is 0.286. The van der Waals surface area contributed by atoms with Crippen molar-refractivity contribution in [2.45, 2.75) is 26.3 Å². The number of hydrogen-bond donors (Lipinski definition) is 4. The number of H-pyrrole nitrogens is 1. The van der Waals surface area contributed by atoms with Crippen LogP contribution in [0.3, 0.4) is 0 Å². The van der Waals surface area contributed by atoms with Crippen molar-refractivity contribution in [1.82, 2.24) is 10.2 Å². The van der Waals surface area contributed by atoms with Crippen LogP contribution >= 0.6 is 0 Å². The first kappa shape index (κ1) is 14.1. The highest BCUT2D eigenvalue weighted by Gasteiger charge is 2.17. The minimum atomic E-state index is -0.670. The van der Waals surface area contributed by atoms with Crippen molar-refractivity contribution < 1.29 is 9.90 Å². The Morgan fingerprint density at radius 1 is 1.40 bits per heavy atom. The second-order valence-electron chi connectivity index (χ2n) is 4.79. The van der Waals surface area contributed by atoms with Crippen molar-refractivity contribution in [3.05, 3.63) is 41.1 Å². The van der Waals surface area contributed by atoms with E-state index in [-0.39, 0.29) is 11.7 Å². The predicted molar refractivity (Wildman–Crippen MR) is 76.5 cm³/mol. The number of benzene rings is 1. The Labute approximate surface area is 117 Å². The Bertz CT molecular complexity index is 604. The van der Waals surface area contributed by atoms with Crippen LogP contribution in [0.4, 0.5) is 5.82 Å². The van der Waals surface area contributed by atoms with Gasteiger partial charge in [-0.15, -0.1) is 0 Å². The summed E-state index contributed by atoms with van der Waals surface area (Å²) >= 11 is 0. The molecule has 0 aliphatic heterocycles. The first-order valence-corrected chi connectivity index (χ1v) is 6.33. The van der Waals surface area contributed by atoms with Crippen molar-refractivity contribution >= 4 is 11.7 Å². The molecule has 5 N–H and O–H groups in total. The monoisotopic (exact) mass is 274 g/mol. The maximum Gasteiger partial charge on any atom is 0.242 e. The summed E-state index contributed by atoms with van der Waals surface area (Å²) < 4.78 is 0. The van der Waals surface area contributed by atoms with Gasteiger partial charge in [-0.1, -0.05) is 12.1 Å². The Morgan fingerprint density at radius 2 is 2.05 bits per heavy atom. The number of phenolic OH excluding ortho intramolecular Hbond substituents is 1. The number of rotatable bonds is 4. The van der Waals surface area contributed by atoms with Crippen LogP contribution < -0.4 is 11.1 Å². The number of carbonyl (C=O) groups excluding carboxylic acids is 1. The van der Waals surface area contributed by atoms with E-state index in [0.717, 1.165) is 16.8 Å². The van der Waals surface area contributed by atoms with E-state index < -0.39 is 6.04 Å². The van der Waals surface area contributed by atoms with E-state index in [0.29, 0.717) is 12.2 Å². The third kappa shape index (κ3) is 3.16. The highest BCUT2D eigenvalue weighted by molar-refractivity contribution is 5.94. The van der Waals surface area contributed by atoms with Crippen molar-refractivity contribution in [3.8, 4) is 5.75 Å². The molecule has 0 fully saturated rings. The molecule has 1 amide bonds. The minimum absolute atomic E-state index is 0.189. The number of aryl methyl sites for hydroxylation is 1. The van der Waals surface area contributed by atoms with E-state index in [4.69, 9.17) is 5.73 Å². The first-order chi connectivity index (χ1) is 9.47. The molecular formula is C14H18N4O2. The molecule has 2 rings (SSSR count). The molecule has 20 heavy (non-hydrogen) atoms. The van der Waals surface area contributed by atoms with Crippen LogP contribution in [0.15, 0.2) is 24.3 Å². The zero-order valence-corrected chi connectivity index (χ0v) is 11.5. The van der Waals surface area contributed by atoms with Crippen molar-refractivity contribution in [1.29, 1.82) is 0 Å². The van der Waals surface area contributed by atoms with E-state index >= 15 is 0 Å². The molecule has 1 aromatic carbocycles. The molecule has 2 aromatic rings. The molecular weight excluding hydrogens is 256 g/mol. The van der Waals surface area contributed by atoms with Crippen LogP contribution in [0.2, 0.25) is 0 Å². The fourth-order valence-electron chi connectivity index (χ4n) is 1.79. The number of aromatic hydroxyl groups is 1. The molecule has 0 saturated carbocycles. The quantitative estimate of drug-likeness (QED) is 0.673. The minimum Gasteiger partial charge on any atom is -0.508 e. The molecule has 1 atom stereocenters. The van der Waals surface area contributed by atoms with Gasteiger partial charge in [-0.3, -0.25) is 9.89 Å². The van der Waals surface area contributed by atoms with Crippen molar-refractivity contribution in [2.24, 2.45) is 5.73 Å². The Kier molecular flexibility index (Phi) is 4.05. The van der Waals surface area contributed by atoms with Gasteiger partial charge in [-0.2, -0.15) is 5.10 Å². The summed E-state index contributed by atoms with van der Waals surface area (Å²) in [5.74, 6) is 0.413. The molecule has 1 unspecified atom stereocenters. The van der Waals surface area contributed by atoms with Gasteiger partial charge >= 0.3 is 0 Å². The van der Waals surface area contributed by atoms with E-state index in [1.807, 2.05) is 13.8 Å². The summed E-state index contributed by atoms with van der Waals surface area (Å²) in [6, 6.07) is 5.96. The van der Waals surface area contributed by atoms with Crippen LogP contribution in [-0.2, 0) is 11.2 Å². The number of carbonyl (C=O) groups is 1. The maximum absolute atomic E-state index is 12.0. The summed E-state index contributed by atoms with van der Waals surface area (Å²) in [6.45, 7) is 3.76. The number of anilines is 1. The SMILES string of the molecule is Cc1[nH]nc(NC(=O)C(N)Cc2ccc(O)cc2)c1C. The van der Waals surface area contributed by atoms with Gasteiger partial charge in [0.05, 0.1) is 6.04 Å². The summed E-state index contributed by atoms with van der Waals surface area (Å²) in [6.07, 6.45) is 0.397. The number of amides is 1. The standard InChI is InChI=1S/C14H18N4O2/c1-8-9(2)17-18-13(8)16-14(20)12(15)7-10-3-5-11(19)6-4-10/h3-6,12,19H,7,15H2,1-2H3,(H2,16,17,18,20). The maximum atomic E-state index is 12.0. The summed E-state index contributed by atoms with van der Waals surface area (Å²) in [5.41, 5.74) is 8.58. The molecule has 6 nitrogen and oxygen atoms in total. The lowest BCUT2D eigenvalue weighted by Gasteiger charge is -2.11. The lowest BCUT2D eigenvalue weighted by Crippen LogP contribution is -2.37.